The molecular weight excluding hydrogens is 584 g/mol. The number of hydrogen-bond donors (Lipinski definition) is 3. The summed E-state index contributed by atoms with van der Waals surface area (Å²) in [5.74, 6) is -1.32. The van der Waals surface area contributed by atoms with Gasteiger partial charge in [0, 0.05) is 12.5 Å². The molecule has 1 aromatic carbocycles. The Morgan fingerprint density at radius 1 is 1.11 bits per heavy atom. The smallest absolute Gasteiger partial charge is 0.352 e. The predicted octanol–water partition coefficient (Wildman–Crippen LogP) is 2.36. The molecule has 0 aromatic heterocycles. The number of aliphatic hydroxyl groups is 1. The summed E-state index contributed by atoms with van der Waals surface area (Å²) in [4.78, 5) is 50.3. The summed E-state index contributed by atoms with van der Waals surface area (Å²) < 4.78 is 28.6. The number of nitrogens with two attached hydrogens (primary N) is 1. The van der Waals surface area contributed by atoms with Gasteiger partial charge < -0.3 is 39.8 Å². The number of unbranched alkanes of at least 4 members (excludes halogenated alkanes) is 1. The van der Waals surface area contributed by atoms with Crippen LogP contribution in [0.1, 0.15) is 77.3 Å². The van der Waals surface area contributed by atoms with E-state index >= 15 is 0 Å². The van der Waals surface area contributed by atoms with Crippen LogP contribution in [0.5, 0.6) is 11.5 Å². The van der Waals surface area contributed by atoms with Gasteiger partial charge in [0.15, 0.2) is 29.8 Å². The van der Waals surface area contributed by atoms with E-state index in [1.807, 2.05) is 12.1 Å². The fourth-order valence-electron chi connectivity index (χ4n) is 7.77. The van der Waals surface area contributed by atoms with E-state index < -0.39 is 59.2 Å². The van der Waals surface area contributed by atoms with Gasteiger partial charge in [-0.2, -0.15) is 0 Å². The first-order valence-electron chi connectivity index (χ1n) is 15.8. The number of rotatable bonds is 12. The highest BCUT2D eigenvalue weighted by atomic mass is 16.6. The fraction of sp³-hybridized carbons (Fsp3) is 0.636. The molecule has 12 nitrogen and oxygen atoms in total. The quantitative estimate of drug-likeness (QED) is 0.176. The molecule has 4 aliphatic rings. The fourth-order valence-corrected chi connectivity index (χ4v) is 7.77. The van der Waals surface area contributed by atoms with Crippen LogP contribution in [0, 0.1) is 11.8 Å². The molecule has 8 atom stereocenters. The van der Waals surface area contributed by atoms with Crippen molar-refractivity contribution in [1.29, 1.82) is 0 Å². The third kappa shape index (κ3) is 5.56. The van der Waals surface area contributed by atoms with Crippen LogP contribution in [0.15, 0.2) is 24.0 Å². The maximum absolute atomic E-state index is 13.3. The lowest BCUT2D eigenvalue weighted by Crippen LogP contribution is -2.69. The normalized spacial score (nSPS) is 29.1. The lowest BCUT2D eigenvalue weighted by Gasteiger charge is -2.61. The number of methoxy groups -OCH3 is 1. The van der Waals surface area contributed by atoms with Crippen LogP contribution in [0.2, 0.25) is 0 Å². The van der Waals surface area contributed by atoms with E-state index in [-0.39, 0.29) is 18.1 Å². The zero-order chi connectivity index (χ0) is 32.7. The molecule has 0 saturated heterocycles. The number of nitrogens with one attached hydrogen (secondary N) is 1. The standard InChI is InChI=1S/C33H44N2O10/c1-17-11-13-32-26-21-9-10-24(41-5)27(26)45-28(32)25(12-14-33(32,40)22(17)16-21)44-30(38)19(3)42-29(37)18(2)43-31(39)23(35-20(4)36)8-6-7-15-34/h9-10,12,17-19,22-23,28,40H,6-8,11,13-16,34H2,1-5H3,(H,35,36)/t17?,18-,19-,22-,23-,28-,32-,33+/m0/s1. The number of ether oxygens (including phenoxy) is 5. The maximum Gasteiger partial charge on any atom is 0.352 e. The van der Waals surface area contributed by atoms with Crippen molar-refractivity contribution in [2.24, 2.45) is 17.6 Å². The number of carbonyl (C=O) groups excluding carboxylic acids is 4. The first-order valence-corrected chi connectivity index (χ1v) is 15.8. The second kappa shape index (κ2) is 12.6. The summed E-state index contributed by atoms with van der Waals surface area (Å²) in [6.07, 6.45) is 2.32. The van der Waals surface area contributed by atoms with E-state index in [9.17, 15) is 24.3 Å². The van der Waals surface area contributed by atoms with Crippen molar-refractivity contribution in [3.63, 3.8) is 0 Å². The molecule has 1 aliphatic heterocycles. The third-order valence-electron chi connectivity index (χ3n) is 10.0. The highest BCUT2D eigenvalue weighted by molar-refractivity contribution is 5.86. The molecule has 1 saturated carbocycles. The van der Waals surface area contributed by atoms with Crippen LogP contribution >= 0.6 is 0 Å². The number of esters is 3. The molecule has 5 rings (SSSR count). The topological polar surface area (TPSA) is 173 Å². The lowest BCUT2D eigenvalue weighted by molar-refractivity contribution is -0.181. The minimum Gasteiger partial charge on any atom is -0.493 e. The van der Waals surface area contributed by atoms with Crippen LogP contribution < -0.4 is 20.5 Å². The Hall–Kier alpha value is -3.64. The predicted molar refractivity (Wildman–Crippen MR) is 160 cm³/mol. The van der Waals surface area contributed by atoms with Crippen LogP contribution in [-0.2, 0) is 45.2 Å². The van der Waals surface area contributed by atoms with Gasteiger partial charge in [-0.05, 0) is 94.9 Å². The summed E-state index contributed by atoms with van der Waals surface area (Å²) in [7, 11) is 1.56. The Balaban J connectivity index is 1.28. The number of hydrogen-bond acceptors (Lipinski definition) is 11. The van der Waals surface area contributed by atoms with Crippen molar-refractivity contribution in [3.8, 4) is 11.5 Å². The molecule has 1 unspecified atom stereocenters. The van der Waals surface area contributed by atoms with Crippen molar-refractivity contribution in [2.45, 2.75) is 108 Å². The van der Waals surface area contributed by atoms with Gasteiger partial charge in [0.05, 0.1) is 18.1 Å². The molecule has 1 fully saturated rings. The lowest BCUT2D eigenvalue weighted by atomic mass is 9.45. The average molecular weight is 629 g/mol. The van der Waals surface area contributed by atoms with Crippen LogP contribution in [-0.4, -0.2) is 72.5 Å². The molecule has 1 aromatic rings. The number of amides is 1. The van der Waals surface area contributed by atoms with E-state index in [0.717, 1.165) is 24.0 Å². The summed E-state index contributed by atoms with van der Waals surface area (Å²) in [5, 5.41) is 14.9. The second-order valence-electron chi connectivity index (χ2n) is 12.8. The monoisotopic (exact) mass is 628 g/mol. The first-order chi connectivity index (χ1) is 21.4. The summed E-state index contributed by atoms with van der Waals surface area (Å²) in [5.41, 5.74) is 5.64. The average Bonchev–Trinajstić information content (AvgIpc) is 3.35. The van der Waals surface area contributed by atoms with Crippen molar-refractivity contribution >= 4 is 23.8 Å². The molecular formula is C33H44N2O10. The molecule has 0 radical (unpaired) electrons. The van der Waals surface area contributed by atoms with Gasteiger partial charge in [-0.15, -0.1) is 0 Å². The van der Waals surface area contributed by atoms with Gasteiger partial charge in [0.2, 0.25) is 5.91 Å². The van der Waals surface area contributed by atoms with Crippen molar-refractivity contribution in [3.05, 3.63) is 35.1 Å². The Morgan fingerprint density at radius 2 is 1.82 bits per heavy atom. The largest absolute Gasteiger partial charge is 0.493 e. The Labute approximate surface area is 262 Å². The van der Waals surface area contributed by atoms with Crippen LogP contribution in [0.25, 0.3) is 0 Å². The minimum absolute atomic E-state index is 0.00711. The Morgan fingerprint density at radius 3 is 2.51 bits per heavy atom. The van der Waals surface area contributed by atoms with Crippen LogP contribution in [0.4, 0.5) is 0 Å². The van der Waals surface area contributed by atoms with Gasteiger partial charge in [-0.1, -0.05) is 13.0 Å². The molecule has 1 heterocycles. The summed E-state index contributed by atoms with van der Waals surface area (Å²) in [6, 6.07) is 2.96. The highest BCUT2D eigenvalue weighted by Crippen LogP contribution is 2.68. The number of benzene rings is 1. The SMILES string of the molecule is COc1ccc2c3c1O[C@H]1C(OC(=O)[C@H](C)OC(=O)[C@H](C)OC(=O)[C@H](CCCCN)NC(C)=O)=CC[C@@]4(O)[C@@H](C2)C(C)CC[C@]314. The molecule has 2 bridgehead atoms. The van der Waals surface area contributed by atoms with Crippen molar-refractivity contribution < 1.29 is 48.0 Å². The zero-order valence-electron chi connectivity index (χ0n) is 26.6. The molecule has 3 aliphatic carbocycles. The molecule has 45 heavy (non-hydrogen) atoms. The van der Waals surface area contributed by atoms with Gasteiger partial charge in [0.1, 0.15) is 11.8 Å². The van der Waals surface area contributed by atoms with Gasteiger partial charge in [-0.25, -0.2) is 14.4 Å². The second-order valence-corrected chi connectivity index (χ2v) is 12.8. The van der Waals surface area contributed by atoms with Gasteiger partial charge in [-0.3, -0.25) is 4.79 Å². The van der Waals surface area contributed by atoms with Gasteiger partial charge in [0.25, 0.3) is 0 Å². The van der Waals surface area contributed by atoms with E-state index in [2.05, 4.69) is 12.2 Å². The van der Waals surface area contributed by atoms with E-state index in [1.165, 1.54) is 20.8 Å². The van der Waals surface area contributed by atoms with E-state index in [1.54, 1.807) is 13.2 Å². The molecule has 12 heteroatoms. The Kier molecular flexibility index (Phi) is 9.19. The third-order valence-corrected chi connectivity index (χ3v) is 10.0. The molecule has 1 amide bonds. The van der Waals surface area contributed by atoms with Crippen molar-refractivity contribution in [1.82, 2.24) is 5.32 Å². The van der Waals surface area contributed by atoms with Crippen LogP contribution in [0.3, 0.4) is 0 Å². The van der Waals surface area contributed by atoms with Gasteiger partial charge >= 0.3 is 17.9 Å². The van der Waals surface area contributed by atoms with Crippen molar-refractivity contribution in [2.75, 3.05) is 13.7 Å². The summed E-state index contributed by atoms with van der Waals surface area (Å²) in [6.45, 7) is 6.58. The highest BCUT2D eigenvalue weighted by Gasteiger charge is 2.72. The minimum atomic E-state index is -1.34. The number of carbonyl (C=O) groups is 4. The Bertz CT molecular complexity index is 1390. The van der Waals surface area contributed by atoms with E-state index in [4.69, 9.17) is 29.4 Å². The molecule has 1 spiro atoms. The zero-order valence-corrected chi connectivity index (χ0v) is 26.6. The maximum atomic E-state index is 13.3. The molecule has 246 valence electrons. The molecule has 4 N–H and O–H groups in total. The summed E-state index contributed by atoms with van der Waals surface area (Å²) >= 11 is 0. The van der Waals surface area contributed by atoms with E-state index in [0.29, 0.717) is 49.6 Å². The first kappa shape index (κ1) is 32.7.